The van der Waals surface area contributed by atoms with Crippen molar-refractivity contribution in [3.63, 3.8) is 0 Å². The summed E-state index contributed by atoms with van der Waals surface area (Å²) in [5.74, 6) is 0. The van der Waals surface area contributed by atoms with E-state index in [-0.39, 0.29) is 0 Å². The largest absolute Gasteiger partial charge is 0.385 e. The van der Waals surface area contributed by atoms with Gasteiger partial charge >= 0.3 is 0 Å². The predicted octanol–water partition coefficient (Wildman–Crippen LogP) is 5.98. The SMILES string of the molecule is OC1(c2ccccc2)CCN(CCCCn2cnc(-c3ccccc3)c2-c2ccccc2)CC1. The highest BCUT2D eigenvalue weighted by atomic mass is 16.3. The molecule has 0 radical (unpaired) electrons. The highest BCUT2D eigenvalue weighted by molar-refractivity contribution is 5.78. The molecule has 1 N–H and O–H groups in total. The van der Waals surface area contributed by atoms with Gasteiger partial charge in [0.15, 0.2) is 0 Å². The van der Waals surface area contributed by atoms with Gasteiger partial charge in [-0.1, -0.05) is 91.0 Å². The quantitative estimate of drug-likeness (QED) is 0.335. The number of hydrogen-bond acceptors (Lipinski definition) is 3. The fraction of sp³-hybridized carbons (Fsp3) is 0.300. The second-order valence-electron chi connectivity index (χ2n) is 9.31. The molecule has 5 rings (SSSR count). The second-order valence-corrected chi connectivity index (χ2v) is 9.31. The van der Waals surface area contributed by atoms with Crippen LogP contribution >= 0.6 is 0 Å². The van der Waals surface area contributed by atoms with Crippen molar-refractivity contribution in [3.8, 4) is 22.5 Å². The molecule has 2 heterocycles. The van der Waals surface area contributed by atoms with Gasteiger partial charge in [0.1, 0.15) is 0 Å². The lowest BCUT2D eigenvalue weighted by Gasteiger charge is -2.38. The van der Waals surface area contributed by atoms with Gasteiger partial charge in [-0.3, -0.25) is 0 Å². The zero-order chi connectivity index (χ0) is 23.2. The average molecular weight is 452 g/mol. The number of imidazole rings is 1. The van der Waals surface area contributed by atoms with Crippen LogP contribution in [0.3, 0.4) is 0 Å². The molecular formula is C30H33N3O. The number of aromatic nitrogens is 2. The monoisotopic (exact) mass is 451 g/mol. The van der Waals surface area contributed by atoms with E-state index in [1.54, 1.807) is 0 Å². The number of benzene rings is 3. The molecule has 1 aliphatic heterocycles. The van der Waals surface area contributed by atoms with Crippen molar-refractivity contribution in [1.82, 2.24) is 14.5 Å². The van der Waals surface area contributed by atoms with Crippen molar-refractivity contribution >= 4 is 0 Å². The molecule has 1 saturated heterocycles. The molecular weight excluding hydrogens is 418 g/mol. The zero-order valence-corrected chi connectivity index (χ0v) is 19.7. The Morgan fingerprint density at radius 2 is 1.26 bits per heavy atom. The van der Waals surface area contributed by atoms with Crippen LogP contribution in [0.2, 0.25) is 0 Å². The van der Waals surface area contributed by atoms with Crippen LogP contribution in [0, 0.1) is 0 Å². The first kappa shape index (κ1) is 22.6. The minimum Gasteiger partial charge on any atom is -0.385 e. The van der Waals surface area contributed by atoms with Gasteiger partial charge in [-0.15, -0.1) is 0 Å². The van der Waals surface area contributed by atoms with E-state index < -0.39 is 5.60 Å². The van der Waals surface area contributed by atoms with Gasteiger partial charge in [-0.2, -0.15) is 0 Å². The molecule has 0 saturated carbocycles. The molecule has 174 valence electrons. The van der Waals surface area contributed by atoms with Crippen LogP contribution in [0.4, 0.5) is 0 Å². The first-order valence-corrected chi connectivity index (χ1v) is 12.4. The predicted molar refractivity (Wildman–Crippen MR) is 138 cm³/mol. The van der Waals surface area contributed by atoms with Crippen LogP contribution in [-0.4, -0.2) is 39.2 Å². The van der Waals surface area contributed by atoms with E-state index in [4.69, 9.17) is 4.98 Å². The van der Waals surface area contributed by atoms with Crippen LogP contribution in [0.15, 0.2) is 97.3 Å². The average Bonchev–Trinajstić information content (AvgIpc) is 3.33. The Kier molecular flexibility index (Phi) is 6.89. The highest BCUT2D eigenvalue weighted by Gasteiger charge is 2.33. The molecule has 0 spiro atoms. The van der Waals surface area contributed by atoms with E-state index in [0.717, 1.165) is 68.7 Å². The smallest absolute Gasteiger partial charge is 0.0963 e. The van der Waals surface area contributed by atoms with Crippen molar-refractivity contribution in [2.75, 3.05) is 19.6 Å². The number of piperidine rings is 1. The summed E-state index contributed by atoms with van der Waals surface area (Å²) in [5.41, 5.74) is 4.97. The normalized spacial score (nSPS) is 15.9. The third kappa shape index (κ3) is 4.98. The maximum Gasteiger partial charge on any atom is 0.0963 e. The number of hydrogen-bond donors (Lipinski definition) is 1. The van der Waals surface area contributed by atoms with Crippen molar-refractivity contribution < 1.29 is 5.11 Å². The lowest BCUT2D eigenvalue weighted by Crippen LogP contribution is -2.42. The Labute approximate surface area is 202 Å². The summed E-state index contributed by atoms with van der Waals surface area (Å²) >= 11 is 0. The molecule has 1 fully saturated rings. The highest BCUT2D eigenvalue weighted by Crippen LogP contribution is 2.33. The third-order valence-electron chi connectivity index (χ3n) is 7.05. The molecule has 34 heavy (non-hydrogen) atoms. The van der Waals surface area contributed by atoms with Gasteiger partial charge < -0.3 is 14.6 Å². The number of unbranched alkanes of at least 4 members (excludes halogenated alkanes) is 1. The Bertz CT molecular complexity index is 1160. The summed E-state index contributed by atoms with van der Waals surface area (Å²) < 4.78 is 2.31. The summed E-state index contributed by atoms with van der Waals surface area (Å²) in [6, 6.07) is 31.2. The van der Waals surface area contributed by atoms with Crippen LogP contribution in [-0.2, 0) is 12.1 Å². The number of rotatable bonds is 8. The number of aryl methyl sites for hydroxylation is 1. The Morgan fingerprint density at radius 3 is 1.91 bits per heavy atom. The molecule has 1 aliphatic rings. The van der Waals surface area contributed by atoms with Gasteiger partial charge in [-0.05, 0) is 37.8 Å². The molecule has 0 aliphatic carbocycles. The molecule has 0 atom stereocenters. The van der Waals surface area contributed by atoms with E-state index in [9.17, 15) is 5.11 Å². The summed E-state index contributed by atoms with van der Waals surface area (Å²) in [4.78, 5) is 7.30. The van der Waals surface area contributed by atoms with E-state index in [0.29, 0.717) is 0 Å². The summed E-state index contributed by atoms with van der Waals surface area (Å²) in [7, 11) is 0. The van der Waals surface area contributed by atoms with E-state index in [1.165, 1.54) is 11.3 Å². The number of aliphatic hydroxyl groups is 1. The second kappa shape index (κ2) is 10.4. The zero-order valence-electron chi connectivity index (χ0n) is 19.7. The Hall–Kier alpha value is -3.21. The topological polar surface area (TPSA) is 41.3 Å². The van der Waals surface area contributed by atoms with Gasteiger partial charge in [0.2, 0.25) is 0 Å². The van der Waals surface area contributed by atoms with Crippen molar-refractivity contribution in [3.05, 3.63) is 103 Å². The van der Waals surface area contributed by atoms with Crippen molar-refractivity contribution in [1.29, 1.82) is 0 Å². The Morgan fingerprint density at radius 1 is 0.706 bits per heavy atom. The maximum absolute atomic E-state index is 11.1. The molecule has 4 heteroatoms. The van der Waals surface area contributed by atoms with E-state index in [2.05, 4.69) is 76.2 Å². The Balaban J connectivity index is 1.19. The first-order chi connectivity index (χ1) is 16.7. The maximum atomic E-state index is 11.1. The standard InChI is InChI=1S/C30H33N3O/c34-30(27-16-8-3-9-17-27)18-22-32(23-19-30)20-10-11-21-33-24-31-28(25-12-4-1-5-13-25)29(33)26-14-6-2-7-15-26/h1-9,12-17,24,34H,10-11,18-23H2. The molecule has 1 aromatic heterocycles. The summed E-state index contributed by atoms with van der Waals surface area (Å²) in [6.07, 6.45) is 5.83. The van der Waals surface area contributed by atoms with Crippen LogP contribution in [0.25, 0.3) is 22.5 Å². The van der Waals surface area contributed by atoms with Gasteiger partial charge in [-0.25, -0.2) is 4.98 Å². The van der Waals surface area contributed by atoms with Gasteiger partial charge in [0, 0.05) is 30.8 Å². The minimum atomic E-state index is -0.674. The van der Waals surface area contributed by atoms with Crippen LogP contribution in [0.5, 0.6) is 0 Å². The van der Waals surface area contributed by atoms with Gasteiger partial charge in [0.25, 0.3) is 0 Å². The number of likely N-dealkylation sites (tertiary alicyclic amines) is 1. The fourth-order valence-electron chi connectivity index (χ4n) is 5.06. The third-order valence-corrected chi connectivity index (χ3v) is 7.05. The van der Waals surface area contributed by atoms with Gasteiger partial charge in [0.05, 0.1) is 23.3 Å². The fourth-order valence-corrected chi connectivity index (χ4v) is 5.06. The molecule has 0 unspecified atom stereocenters. The van der Waals surface area contributed by atoms with Crippen molar-refractivity contribution in [2.45, 2.75) is 37.8 Å². The molecule has 0 amide bonds. The van der Waals surface area contributed by atoms with Crippen LogP contribution < -0.4 is 0 Å². The molecule has 4 aromatic rings. The molecule has 3 aromatic carbocycles. The van der Waals surface area contributed by atoms with E-state index >= 15 is 0 Å². The van der Waals surface area contributed by atoms with E-state index in [1.807, 2.05) is 30.6 Å². The number of nitrogens with zero attached hydrogens (tertiary/aromatic N) is 3. The minimum absolute atomic E-state index is 0.674. The lowest BCUT2D eigenvalue weighted by molar-refractivity contribution is -0.0261. The van der Waals surface area contributed by atoms with Crippen LogP contribution in [0.1, 0.15) is 31.2 Å². The lowest BCUT2D eigenvalue weighted by atomic mass is 9.84. The molecule has 4 nitrogen and oxygen atoms in total. The van der Waals surface area contributed by atoms with Crippen molar-refractivity contribution in [2.24, 2.45) is 0 Å². The summed E-state index contributed by atoms with van der Waals surface area (Å²) in [6.45, 7) is 3.92. The first-order valence-electron chi connectivity index (χ1n) is 12.4. The summed E-state index contributed by atoms with van der Waals surface area (Å²) in [5, 5.41) is 11.1. The molecule has 0 bridgehead atoms.